The van der Waals surface area contributed by atoms with Crippen molar-refractivity contribution in [1.29, 1.82) is 0 Å². The van der Waals surface area contributed by atoms with Crippen LogP contribution in [0.1, 0.15) is 44.1 Å². The van der Waals surface area contributed by atoms with Crippen LogP contribution >= 0.6 is 11.8 Å². The maximum Gasteiger partial charge on any atom is 0.262 e. The van der Waals surface area contributed by atoms with Gasteiger partial charge < -0.3 is 20.1 Å². The van der Waals surface area contributed by atoms with E-state index in [-0.39, 0.29) is 35.6 Å². The zero-order valence-corrected chi connectivity index (χ0v) is 23.4. The molecule has 39 heavy (non-hydrogen) atoms. The molecule has 0 atom stereocenters. The Morgan fingerprint density at radius 3 is 2.59 bits per heavy atom. The fraction of sp³-hybridized carbons (Fsp3) is 0.448. The Balaban J connectivity index is 1.32. The van der Waals surface area contributed by atoms with E-state index in [9.17, 15) is 14.4 Å². The van der Waals surface area contributed by atoms with Crippen molar-refractivity contribution in [1.82, 2.24) is 20.2 Å². The minimum absolute atomic E-state index is 0.0466. The first-order valence-corrected chi connectivity index (χ1v) is 14.4. The Morgan fingerprint density at radius 2 is 1.82 bits per heavy atom. The lowest BCUT2D eigenvalue weighted by atomic mass is 10.1. The standard InChI is InChI=1S/C29H36N4O5S/c1-37-24-14-13-20(18-25(24)38-2)15-16-30-26(34)12-7-17-33-28(36)22-10-5-6-11-23(22)32-29(33)39-19-27(35)31-21-8-3-4-9-21/h5-6,10-11,13-14,18,21H,3-4,7-9,12,15-17,19H2,1-2H3,(H,30,34)(H,31,35). The predicted molar refractivity (Wildman–Crippen MR) is 153 cm³/mol. The fourth-order valence-electron chi connectivity index (χ4n) is 4.79. The van der Waals surface area contributed by atoms with Gasteiger partial charge >= 0.3 is 0 Å². The summed E-state index contributed by atoms with van der Waals surface area (Å²) in [4.78, 5) is 42.9. The van der Waals surface area contributed by atoms with E-state index in [2.05, 4.69) is 15.6 Å². The molecule has 3 aromatic rings. The summed E-state index contributed by atoms with van der Waals surface area (Å²) in [6, 6.07) is 13.1. The molecule has 0 saturated heterocycles. The summed E-state index contributed by atoms with van der Waals surface area (Å²) in [5.74, 6) is 1.38. The maximum atomic E-state index is 13.3. The number of thioether (sulfide) groups is 1. The molecular weight excluding hydrogens is 516 g/mol. The molecule has 4 rings (SSSR count). The van der Waals surface area contributed by atoms with Gasteiger partial charge in [-0.15, -0.1) is 0 Å². The van der Waals surface area contributed by atoms with Crippen molar-refractivity contribution in [2.75, 3.05) is 26.5 Å². The number of hydrogen-bond donors (Lipinski definition) is 2. The van der Waals surface area contributed by atoms with Gasteiger partial charge in [0.05, 0.1) is 30.9 Å². The Morgan fingerprint density at radius 1 is 1.05 bits per heavy atom. The number of carbonyl (C=O) groups is 2. The van der Waals surface area contributed by atoms with Gasteiger partial charge in [0.15, 0.2) is 16.7 Å². The van der Waals surface area contributed by atoms with Crippen LogP contribution in [0, 0.1) is 0 Å². The van der Waals surface area contributed by atoms with E-state index in [1.165, 1.54) is 11.8 Å². The number of carbonyl (C=O) groups excluding carboxylic acids is 2. The zero-order chi connectivity index (χ0) is 27.6. The van der Waals surface area contributed by atoms with Crippen molar-refractivity contribution < 1.29 is 19.1 Å². The molecule has 10 heteroatoms. The summed E-state index contributed by atoms with van der Waals surface area (Å²) in [7, 11) is 3.18. The van der Waals surface area contributed by atoms with Crippen LogP contribution in [-0.2, 0) is 22.6 Å². The molecule has 2 N–H and O–H groups in total. The molecule has 1 saturated carbocycles. The number of methoxy groups -OCH3 is 2. The summed E-state index contributed by atoms with van der Waals surface area (Å²) in [5, 5.41) is 7.04. The smallest absolute Gasteiger partial charge is 0.262 e. The Hall–Kier alpha value is -3.53. The number of hydrogen-bond acceptors (Lipinski definition) is 7. The molecule has 0 radical (unpaired) electrons. The zero-order valence-electron chi connectivity index (χ0n) is 22.5. The lowest BCUT2D eigenvalue weighted by Crippen LogP contribution is -2.34. The molecule has 0 unspecified atom stereocenters. The van der Waals surface area contributed by atoms with Crippen molar-refractivity contribution in [3.63, 3.8) is 0 Å². The highest BCUT2D eigenvalue weighted by Crippen LogP contribution is 2.27. The molecule has 1 aliphatic rings. The quantitative estimate of drug-likeness (QED) is 0.246. The number of benzene rings is 2. The van der Waals surface area contributed by atoms with Gasteiger partial charge in [-0.2, -0.15) is 0 Å². The third-order valence-corrected chi connectivity index (χ3v) is 7.83. The van der Waals surface area contributed by atoms with Gasteiger partial charge in [0.1, 0.15) is 0 Å². The maximum absolute atomic E-state index is 13.3. The molecule has 1 fully saturated rings. The highest BCUT2D eigenvalue weighted by Gasteiger charge is 2.18. The Kier molecular flexibility index (Phi) is 10.2. The van der Waals surface area contributed by atoms with Crippen LogP contribution < -0.4 is 25.7 Å². The van der Waals surface area contributed by atoms with Crippen molar-refractivity contribution in [2.45, 2.75) is 62.7 Å². The van der Waals surface area contributed by atoms with Gasteiger partial charge in [-0.05, 0) is 55.5 Å². The van der Waals surface area contributed by atoms with Gasteiger partial charge in [-0.25, -0.2) is 4.98 Å². The van der Waals surface area contributed by atoms with Crippen LogP contribution in [0.2, 0.25) is 0 Å². The van der Waals surface area contributed by atoms with Gasteiger partial charge in [0, 0.05) is 25.6 Å². The topological polar surface area (TPSA) is 112 Å². The monoisotopic (exact) mass is 552 g/mol. The first kappa shape index (κ1) is 28.5. The number of para-hydroxylation sites is 1. The Labute approximate surface area is 232 Å². The number of aromatic nitrogens is 2. The molecule has 0 spiro atoms. The average molecular weight is 553 g/mol. The molecule has 0 bridgehead atoms. The number of nitrogens with one attached hydrogen (secondary N) is 2. The van der Waals surface area contributed by atoms with Crippen LogP contribution in [0.25, 0.3) is 10.9 Å². The van der Waals surface area contributed by atoms with E-state index in [4.69, 9.17) is 9.47 Å². The number of rotatable bonds is 13. The van der Waals surface area contributed by atoms with Crippen molar-refractivity contribution in [3.05, 3.63) is 58.4 Å². The van der Waals surface area contributed by atoms with Crippen molar-refractivity contribution >= 4 is 34.5 Å². The van der Waals surface area contributed by atoms with Gasteiger partial charge in [0.25, 0.3) is 5.56 Å². The molecule has 2 aromatic carbocycles. The highest BCUT2D eigenvalue weighted by molar-refractivity contribution is 7.99. The second-order valence-electron chi connectivity index (χ2n) is 9.60. The number of ether oxygens (including phenoxy) is 2. The fourth-order valence-corrected chi connectivity index (χ4v) is 5.63. The Bertz CT molecular complexity index is 1350. The summed E-state index contributed by atoms with van der Waals surface area (Å²) < 4.78 is 12.2. The molecular formula is C29H36N4O5S. The van der Waals surface area contributed by atoms with Gasteiger partial charge in [0.2, 0.25) is 11.8 Å². The van der Waals surface area contributed by atoms with Crippen molar-refractivity contribution in [2.24, 2.45) is 0 Å². The van der Waals surface area contributed by atoms with E-state index < -0.39 is 0 Å². The predicted octanol–water partition coefficient (Wildman–Crippen LogP) is 3.70. The van der Waals surface area contributed by atoms with Gasteiger partial charge in [-0.3, -0.25) is 19.0 Å². The lowest BCUT2D eigenvalue weighted by Gasteiger charge is -2.14. The van der Waals surface area contributed by atoms with Crippen LogP contribution in [0.5, 0.6) is 11.5 Å². The largest absolute Gasteiger partial charge is 0.493 e. The second-order valence-corrected chi connectivity index (χ2v) is 10.5. The first-order chi connectivity index (χ1) is 19.0. The van der Waals surface area contributed by atoms with Gasteiger partial charge in [-0.1, -0.05) is 42.8 Å². The second kappa shape index (κ2) is 14.0. The number of fused-ring (bicyclic) bond motifs is 1. The third-order valence-electron chi connectivity index (χ3n) is 6.85. The van der Waals surface area contributed by atoms with E-state index in [0.717, 1.165) is 31.2 Å². The lowest BCUT2D eigenvalue weighted by molar-refractivity contribution is -0.121. The molecule has 1 aliphatic carbocycles. The van der Waals surface area contributed by atoms with E-state index >= 15 is 0 Å². The van der Waals surface area contributed by atoms with Crippen molar-refractivity contribution in [3.8, 4) is 11.5 Å². The average Bonchev–Trinajstić information content (AvgIpc) is 3.46. The summed E-state index contributed by atoms with van der Waals surface area (Å²) in [5.41, 5.74) is 1.47. The molecule has 1 aromatic heterocycles. The first-order valence-electron chi connectivity index (χ1n) is 13.4. The summed E-state index contributed by atoms with van der Waals surface area (Å²) in [6.45, 7) is 0.829. The molecule has 208 valence electrons. The SMILES string of the molecule is COc1ccc(CCNC(=O)CCCn2c(SCC(=O)NC3CCCC3)nc3ccccc3c2=O)cc1OC. The van der Waals surface area contributed by atoms with Crippen LogP contribution in [0.3, 0.4) is 0 Å². The summed E-state index contributed by atoms with van der Waals surface area (Å²) >= 11 is 1.26. The third kappa shape index (κ3) is 7.75. The molecule has 2 amide bonds. The molecule has 9 nitrogen and oxygen atoms in total. The minimum Gasteiger partial charge on any atom is -0.493 e. The molecule has 0 aliphatic heterocycles. The number of amides is 2. The number of nitrogens with zero attached hydrogens (tertiary/aromatic N) is 2. The van der Waals surface area contributed by atoms with E-state index in [0.29, 0.717) is 53.5 Å². The van der Waals surface area contributed by atoms with Crippen LogP contribution in [-0.4, -0.2) is 53.9 Å². The highest BCUT2D eigenvalue weighted by atomic mass is 32.2. The minimum atomic E-state index is -0.159. The molecule has 1 heterocycles. The van der Waals surface area contributed by atoms with E-state index in [1.54, 1.807) is 30.9 Å². The normalized spacial score (nSPS) is 13.4. The van der Waals surface area contributed by atoms with E-state index in [1.807, 2.05) is 30.3 Å². The summed E-state index contributed by atoms with van der Waals surface area (Å²) in [6.07, 6.45) is 5.74. The van der Waals surface area contributed by atoms with Crippen LogP contribution in [0.15, 0.2) is 52.4 Å². The van der Waals surface area contributed by atoms with Crippen LogP contribution in [0.4, 0.5) is 0 Å².